The van der Waals surface area contributed by atoms with Crippen molar-refractivity contribution in [2.24, 2.45) is 11.8 Å². The Kier molecular flexibility index (Phi) is 13.7. The van der Waals surface area contributed by atoms with Gasteiger partial charge in [-0.1, -0.05) is 0 Å². The quantitative estimate of drug-likeness (QED) is 0.171. The van der Waals surface area contributed by atoms with Crippen LogP contribution in [0.15, 0.2) is 10.2 Å². The van der Waals surface area contributed by atoms with Gasteiger partial charge in [-0.3, -0.25) is 0 Å². The fourth-order valence-corrected chi connectivity index (χ4v) is 19.4. The van der Waals surface area contributed by atoms with Crippen molar-refractivity contribution in [1.82, 2.24) is 0 Å². The van der Waals surface area contributed by atoms with Crippen molar-refractivity contribution in [3.63, 3.8) is 0 Å². The van der Waals surface area contributed by atoms with Crippen molar-refractivity contribution < 1.29 is 14.6 Å². The second-order valence-corrected chi connectivity index (χ2v) is 22.5. The van der Waals surface area contributed by atoms with Gasteiger partial charge < -0.3 is 0 Å². The number of methoxy groups -OCH3 is 1. The van der Waals surface area contributed by atoms with Crippen LogP contribution >= 0.6 is 0 Å². The van der Waals surface area contributed by atoms with E-state index in [0.717, 1.165) is 6.42 Å². The van der Waals surface area contributed by atoms with E-state index in [0.29, 0.717) is 5.92 Å². The van der Waals surface area contributed by atoms with Crippen LogP contribution in [-0.4, -0.2) is 55.0 Å². The molecule has 0 aromatic carbocycles. The molecular formula is C25H50O3Sn. The molecule has 0 radical (unpaired) electrons. The topological polar surface area (TPSA) is 42.0 Å². The SMILES string of the molecule is CCC[CH2][Sn](/[CH]=C/[C@@H](C)[C@H](O)[C@@H]1O[C@H]1[C@H](C)[C@H](CC)OC)([CH2]CCC)[CH2]CCC. The average molecular weight is 517 g/mol. The summed E-state index contributed by atoms with van der Waals surface area (Å²) in [6.45, 7) is 13.5. The predicted octanol–water partition coefficient (Wildman–Crippen LogP) is 6.76. The van der Waals surface area contributed by atoms with Crippen molar-refractivity contribution in [3.8, 4) is 0 Å². The molecule has 1 aliphatic heterocycles. The zero-order valence-corrected chi connectivity index (χ0v) is 23.3. The van der Waals surface area contributed by atoms with Crippen molar-refractivity contribution in [2.45, 2.75) is 124 Å². The van der Waals surface area contributed by atoms with Crippen LogP contribution < -0.4 is 0 Å². The van der Waals surface area contributed by atoms with E-state index in [9.17, 15) is 5.11 Å². The summed E-state index contributed by atoms with van der Waals surface area (Å²) in [6.07, 6.45) is 11.3. The molecule has 4 heteroatoms. The van der Waals surface area contributed by atoms with Crippen LogP contribution in [0, 0.1) is 11.8 Å². The van der Waals surface area contributed by atoms with Gasteiger partial charge in [0.15, 0.2) is 0 Å². The number of ether oxygens (including phenoxy) is 2. The van der Waals surface area contributed by atoms with Crippen LogP contribution in [-0.2, 0) is 9.47 Å². The molecular weight excluding hydrogens is 467 g/mol. The van der Waals surface area contributed by atoms with Crippen molar-refractivity contribution in [1.29, 1.82) is 0 Å². The van der Waals surface area contributed by atoms with Crippen LogP contribution in [0.1, 0.15) is 86.5 Å². The molecule has 1 fully saturated rings. The summed E-state index contributed by atoms with van der Waals surface area (Å²) < 4.78 is 18.7. The Labute approximate surface area is 185 Å². The fourth-order valence-electron chi connectivity index (χ4n) is 4.78. The number of aliphatic hydroxyl groups is 1. The number of unbranched alkanes of at least 4 members (excludes halogenated alkanes) is 3. The molecule has 1 rings (SSSR count). The number of hydrogen-bond donors (Lipinski definition) is 1. The summed E-state index contributed by atoms with van der Waals surface area (Å²) >= 11 is -2.27. The Morgan fingerprint density at radius 3 is 1.86 bits per heavy atom. The molecule has 0 spiro atoms. The molecule has 29 heavy (non-hydrogen) atoms. The van der Waals surface area contributed by atoms with Gasteiger partial charge in [0.05, 0.1) is 0 Å². The maximum absolute atomic E-state index is 10.9. The summed E-state index contributed by atoms with van der Waals surface area (Å²) in [5.41, 5.74) is 0. The molecule has 3 nitrogen and oxygen atoms in total. The van der Waals surface area contributed by atoms with Gasteiger partial charge in [-0.05, 0) is 0 Å². The van der Waals surface area contributed by atoms with Crippen LogP contribution in [0.4, 0.5) is 0 Å². The van der Waals surface area contributed by atoms with Crippen molar-refractivity contribution >= 4 is 18.4 Å². The first-order valence-corrected chi connectivity index (χ1v) is 20.1. The Balaban J connectivity index is 2.78. The molecule has 0 saturated carbocycles. The Bertz CT molecular complexity index is 428. The summed E-state index contributed by atoms with van der Waals surface area (Å²) in [4.78, 5) is 0. The van der Waals surface area contributed by atoms with Gasteiger partial charge in [0.25, 0.3) is 0 Å². The van der Waals surface area contributed by atoms with Crippen LogP contribution in [0.5, 0.6) is 0 Å². The van der Waals surface area contributed by atoms with E-state index in [4.69, 9.17) is 9.47 Å². The zero-order valence-electron chi connectivity index (χ0n) is 20.5. The number of aliphatic hydroxyl groups excluding tert-OH is 1. The first-order valence-electron chi connectivity index (χ1n) is 12.4. The van der Waals surface area contributed by atoms with Gasteiger partial charge in [0.1, 0.15) is 0 Å². The monoisotopic (exact) mass is 518 g/mol. The van der Waals surface area contributed by atoms with E-state index < -0.39 is 24.5 Å². The minimum absolute atomic E-state index is 0.0274. The number of hydrogen-bond acceptors (Lipinski definition) is 3. The maximum atomic E-state index is 10.9. The number of rotatable bonds is 17. The van der Waals surface area contributed by atoms with Crippen LogP contribution in [0.25, 0.3) is 0 Å². The van der Waals surface area contributed by atoms with Gasteiger partial charge in [0, 0.05) is 0 Å². The van der Waals surface area contributed by atoms with Gasteiger partial charge >= 0.3 is 186 Å². The number of epoxide rings is 1. The van der Waals surface area contributed by atoms with Gasteiger partial charge in [-0.25, -0.2) is 0 Å². The molecule has 0 aromatic heterocycles. The van der Waals surface area contributed by atoms with Gasteiger partial charge in [-0.2, -0.15) is 0 Å². The fraction of sp³-hybridized carbons (Fsp3) is 0.920. The molecule has 0 unspecified atom stereocenters. The standard InChI is InChI=1S/C13H23O3.3C4H9.Sn/c1-6-8(3)11(14)13-12(16-13)9(4)10(7-2)15-5;3*1-3-4-2;/h1,6,8-14H,7H2,2-5H3;3*1,3-4H2,2H3;/t8-,9-,10+,11+,12+,13+;;;;/m1..../s1. The first-order chi connectivity index (χ1) is 13.9. The summed E-state index contributed by atoms with van der Waals surface area (Å²) in [5.74, 6) is 0.499. The van der Waals surface area contributed by atoms with Crippen molar-refractivity contribution in [3.05, 3.63) is 10.2 Å². The van der Waals surface area contributed by atoms with Gasteiger partial charge in [0.2, 0.25) is 0 Å². The molecule has 0 aliphatic carbocycles. The minimum atomic E-state index is -2.27. The second kappa shape index (κ2) is 14.5. The second-order valence-electron chi connectivity index (χ2n) is 9.49. The van der Waals surface area contributed by atoms with E-state index in [-0.39, 0.29) is 24.2 Å². The molecule has 1 heterocycles. The van der Waals surface area contributed by atoms with Crippen LogP contribution in [0.2, 0.25) is 13.3 Å². The molecule has 172 valence electrons. The molecule has 1 N–H and O–H groups in total. The predicted molar refractivity (Wildman–Crippen MR) is 128 cm³/mol. The normalized spacial score (nSPS) is 23.9. The van der Waals surface area contributed by atoms with Crippen LogP contribution in [0.3, 0.4) is 0 Å². The first kappa shape index (κ1) is 27.5. The van der Waals surface area contributed by atoms with E-state index in [1.54, 1.807) is 7.11 Å². The molecule has 0 amide bonds. The zero-order chi connectivity index (χ0) is 21.9. The average Bonchev–Trinajstić information content (AvgIpc) is 3.53. The van der Waals surface area contributed by atoms with Gasteiger partial charge in [-0.15, -0.1) is 0 Å². The molecule has 1 aliphatic rings. The Morgan fingerprint density at radius 2 is 1.45 bits per heavy atom. The third-order valence-electron chi connectivity index (χ3n) is 7.08. The third-order valence-corrected chi connectivity index (χ3v) is 21.2. The van der Waals surface area contributed by atoms with E-state index in [1.165, 1.54) is 51.8 Å². The van der Waals surface area contributed by atoms with E-state index >= 15 is 0 Å². The Hall–Kier alpha value is 0.419. The molecule has 6 atom stereocenters. The molecule has 0 aromatic rings. The van der Waals surface area contributed by atoms with E-state index in [2.05, 4.69) is 51.7 Å². The molecule has 1 saturated heterocycles. The third kappa shape index (κ3) is 8.82. The summed E-state index contributed by atoms with van der Waals surface area (Å²) in [6, 6.07) is 0. The molecule has 0 bridgehead atoms. The summed E-state index contributed by atoms with van der Waals surface area (Å²) in [7, 11) is 1.78. The van der Waals surface area contributed by atoms with Crippen molar-refractivity contribution in [2.75, 3.05) is 7.11 Å². The van der Waals surface area contributed by atoms with E-state index in [1.807, 2.05) is 0 Å². The Morgan fingerprint density at radius 1 is 0.931 bits per heavy atom. The summed E-state index contributed by atoms with van der Waals surface area (Å²) in [5, 5.41) is 10.9.